The van der Waals surface area contributed by atoms with E-state index in [2.05, 4.69) is 10.4 Å². The van der Waals surface area contributed by atoms with Gasteiger partial charge in [-0.3, -0.25) is 4.68 Å². The van der Waals surface area contributed by atoms with Crippen LogP contribution in [0.3, 0.4) is 0 Å². The molecule has 1 aromatic carbocycles. The molecule has 0 aliphatic heterocycles. The number of para-hydroxylation sites is 1. The molecular formula is C13H17N3O. The first-order valence-corrected chi connectivity index (χ1v) is 5.70. The molecule has 0 atom stereocenters. The number of hydrogen-bond donors (Lipinski definition) is 1. The van der Waals surface area contributed by atoms with E-state index < -0.39 is 0 Å². The summed E-state index contributed by atoms with van der Waals surface area (Å²) in [6, 6.07) is 7.95. The Balaban J connectivity index is 2.04. The van der Waals surface area contributed by atoms with Gasteiger partial charge in [0.1, 0.15) is 5.75 Å². The van der Waals surface area contributed by atoms with Gasteiger partial charge in [0.15, 0.2) is 5.75 Å². The molecule has 0 aliphatic rings. The molecule has 0 spiro atoms. The molecule has 2 aromatic rings. The van der Waals surface area contributed by atoms with E-state index in [0.717, 1.165) is 30.2 Å². The zero-order valence-electron chi connectivity index (χ0n) is 10.2. The Bertz CT molecular complexity index is 479. The van der Waals surface area contributed by atoms with Crippen LogP contribution >= 0.6 is 0 Å². The maximum atomic E-state index is 5.77. The number of nitrogens with one attached hydrogen (secondary N) is 1. The predicted molar refractivity (Wildman–Crippen MR) is 67.4 cm³/mol. The summed E-state index contributed by atoms with van der Waals surface area (Å²) in [6.07, 6.45) is 3.64. The second kappa shape index (κ2) is 5.50. The lowest BCUT2D eigenvalue weighted by molar-refractivity contribution is 0.477. The molecule has 0 saturated heterocycles. The van der Waals surface area contributed by atoms with Crippen LogP contribution in [0.15, 0.2) is 36.7 Å². The fourth-order valence-corrected chi connectivity index (χ4v) is 1.54. The van der Waals surface area contributed by atoms with Crippen molar-refractivity contribution in [2.24, 2.45) is 0 Å². The van der Waals surface area contributed by atoms with Crippen molar-refractivity contribution in [1.82, 2.24) is 15.1 Å². The average molecular weight is 231 g/mol. The SMILES string of the molecule is CNCCn1cc(Oc2ccccc2C)cn1. The smallest absolute Gasteiger partial charge is 0.165 e. The van der Waals surface area contributed by atoms with Crippen molar-refractivity contribution < 1.29 is 4.74 Å². The second-order valence-corrected chi connectivity index (χ2v) is 3.91. The molecule has 17 heavy (non-hydrogen) atoms. The zero-order chi connectivity index (χ0) is 12.1. The molecule has 0 bridgehead atoms. The van der Waals surface area contributed by atoms with Crippen molar-refractivity contribution >= 4 is 0 Å². The predicted octanol–water partition coefficient (Wildman–Crippen LogP) is 2.20. The average Bonchev–Trinajstić information content (AvgIpc) is 2.77. The number of ether oxygens (including phenoxy) is 1. The first kappa shape index (κ1) is 11.7. The van der Waals surface area contributed by atoms with Crippen LogP contribution in [-0.4, -0.2) is 23.4 Å². The number of aromatic nitrogens is 2. The van der Waals surface area contributed by atoms with Crippen molar-refractivity contribution in [3.05, 3.63) is 42.2 Å². The fourth-order valence-electron chi connectivity index (χ4n) is 1.54. The third kappa shape index (κ3) is 3.07. The monoisotopic (exact) mass is 231 g/mol. The summed E-state index contributed by atoms with van der Waals surface area (Å²) < 4.78 is 7.63. The summed E-state index contributed by atoms with van der Waals surface area (Å²) in [6.45, 7) is 3.76. The summed E-state index contributed by atoms with van der Waals surface area (Å²) in [5.74, 6) is 1.65. The molecule has 1 heterocycles. The van der Waals surface area contributed by atoms with Gasteiger partial charge in [-0.1, -0.05) is 18.2 Å². The molecule has 4 heteroatoms. The summed E-state index contributed by atoms with van der Waals surface area (Å²) in [4.78, 5) is 0. The molecule has 0 saturated carbocycles. The highest BCUT2D eigenvalue weighted by Crippen LogP contribution is 2.23. The minimum atomic E-state index is 0.774. The lowest BCUT2D eigenvalue weighted by atomic mass is 10.2. The van der Waals surface area contributed by atoms with Gasteiger partial charge in [0, 0.05) is 6.54 Å². The third-order valence-corrected chi connectivity index (χ3v) is 2.52. The van der Waals surface area contributed by atoms with Crippen LogP contribution < -0.4 is 10.1 Å². The van der Waals surface area contributed by atoms with Crippen molar-refractivity contribution in [3.8, 4) is 11.5 Å². The zero-order valence-corrected chi connectivity index (χ0v) is 10.2. The van der Waals surface area contributed by atoms with Crippen molar-refractivity contribution in [3.63, 3.8) is 0 Å². The van der Waals surface area contributed by atoms with Crippen LogP contribution in [0, 0.1) is 6.92 Å². The molecule has 0 unspecified atom stereocenters. The Morgan fingerprint density at radius 2 is 2.18 bits per heavy atom. The Hall–Kier alpha value is -1.81. The van der Waals surface area contributed by atoms with E-state index in [-0.39, 0.29) is 0 Å². The maximum absolute atomic E-state index is 5.77. The number of benzene rings is 1. The molecule has 1 aromatic heterocycles. The number of rotatable bonds is 5. The lowest BCUT2D eigenvalue weighted by Gasteiger charge is -2.05. The Labute approximate surface area is 101 Å². The van der Waals surface area contributed by atoms with E-state index in [9.17, 15) is 0 Å². The Morgan fingerprint density at radius 3 is 2.94 bits per heavy atom. The van der Waals surface area contributed by atoms with E-state index >= 15 is 0 Å². The first-order chi connectivity index (χ1) is 8.29. The highest BCUT2D eigenvalue weighted by Gasteiger charge is 2.02. The molecule has 1 N–H and O–H groups in total. The molecule has 0 amide bonds. The topological polar surface area (TPSA) is 39.1 Å². The summed E-state index contributed by atoms with van der Waals surface area (Å²) in [7, 11) is 1.92. The van der Waals surface area contributed by atoms with Crippen LogP contribution in [0.5, 0.6) is 11.5 Å². The van der Waals surface area contributed by atoms with Gasteiger partial charge < -0.3 is 10.1 Å². The maximum Gasteiger partial charge on any atom is 0.165 e. The van der Waals surface area contributed by atoms with E-state index in [0.29, 0.717) is 0 Å². The van der Waals surface area contributed by atoms with Crippen LogP contribution in [-0.2, 0) is 6.54 Å². The Morgan fingerprint density at radius 1 is 1.35 bits per heavy atom. The van der Waals surface area contributed by atoms with Gasteiger partial charge >= 0.3 is 0 Å². The van der Waals surface area contributed by atoms with Gasteiger partial charge in [-0.25, -0.2) is 0 Å². The third-order valence-electron chi connectivity index (χ3n) is 2.52. The van der Waals surface area contributed by atoms with E-state index in [4.69, 9.17) is 4.74 Å². The normalized spacial score (nSPS) is 10.5. The summed E-state index contributed by atoms with van der Waals surface area (Å²) >= 11 is 0. The molecule has 0 aliphatic carbocycles. The van der Waals surface area contributed by atoms with Gasteiger partial charge in [0.2, 0.25) is 0 Å². The van der Waals surface area contributed by atoms with Gasteiger partial charge in [0.05, 0.1) is 18.9 Å². The highest BCUT2D eigenvalue weighted by atomic mass is 16.5. The van der Waals surface area contributed by atoms with Crippen LogP contribution in [0.2, 0.25) is 0 Å². The fraction of sp³-hybridized carbons (Fsp3) is 0.308. The van der Waals surface area contributed by atoms with Crippen molar-refractivity contribution in [2.75, 3.05) is 13.6 Å². The van der Waals surface area contributed by atoms with Crippen molar-refractivity contribution in [2.45, 2.75) is 13.5 Å². The summed E-state index contributed by atoms with van der Waals surface area (Å²) in [5, 5.41) is 7.31. The molecule has 0 radical (unpaired) electrons. The quantitative estimate of drug-likeness (QED) is 0.857. The lowest BCUT2D eigenvalue weighted by Crippen LogP contribution is -2.14. The van der Waals surface area contributed by atoms with Crippen LogP contribution in [0.1, 0.15) is 5.56 Å². The van der Waals surface area contributed by atoms with Crippen LogP contribution in [0.4, 0.5) is 0 Å². The standard InChI is InChI=1S/C13H17N3O/c1-11-5-3-4-6-13(11)17-12-9-15-16(10-12)8-7-14-2/h3-6,9-10,14H,7-8H2,1-2H3. The number of likely N-dealkylation sites (N-methyl/N-ethyl adjacent to an activating group) is 1. The van der Waals surface area contributed by atoms with E-state index in [1.807, 2.05) is 49.1 Å². The van der Waals surface area contributed by atoms with Crippen LogP contribution in [0.25, 0.3) is 0 Å². The molecular weight excluding hydrogens is 214 g/mol. The van der Waals surface area contributed by atoms with Gasteiger partial charge in [-0.15, -0.1) is 0 Å². The van der Waals surface area contributed by atoms with Gasteiger partial charge in [-0.2, -0.15) is 5.10 Å². The highest BCUT2D eigenvalue weighted by molar-refractivity contribution is 5.35. The minimum Gasteiger partial charge on any atom is -0.454 e. The number of aryl methyl sites for hydroxylation is 1. The Kier molecular flexibility index (Phi) is 3.77. The largest absolute Gasteiger partial charge is 0.454 e. The van der Waals surface area contributed by atoms with Gasteiger partial charge in [0.25, 0.3) is 0 Å². The van der Waals surface area contributed by atoms with E-state index in [1.54, 1.807) is 6.20 Å². The van der Waals surface area contributed by atoms with Crippen molar-refractivity contribution in [1.29, 1.82) is 0 Å². The first-order valence-electron chi connectivity index (χ1n) is 5.70. The second-order valence-electron chi connectivity index (χ2n) is 3.91. The summed E-state index contributed by atoms with van der Waals surface area (Å²) in [5.41, 5.74) is 1.12. The molecule has 4 nitrogen and oxygen atoms in total. The molecule has 0 fully saturated rings. The molecule has 90 valence electrons. The van der Waals surface area contributed by atoms with E-state index in [1.165, 1.54) is 0 Å². The van der Waals surface area contributed by atoms with Gasteiger partial charge in [-0.05, 0) is 25.6 Å². The number of hydrogen-bond acceptors (Lipinski definition) is 3. The molecule has 2 rings (SSSR count). The minimum absolute atomic E-state index is 0.774. The number of nitrogens with zero attached hydrogens (tertiary/aromatic N) is 2.